The number of carbonyl (C=O) groups excluding carboxylic acids is 1. The Bertz CT molecular complexity index is 1530. The molecule has 9 heteroatoms. The number of H-pyrrole nitrogens is 1. The first-order chi connectivity index (χ1) is 18.0. The van der Waals surface area contributed by atoms with Gasteiger partial charge in [0.1, 0.15) is 11.3 Å². The molecule has 1 N–H and O–H groups in total. The zero-order valence-electron chi connectivity index (χ0n) is 20.7. The molecule has 1 fully saturated rings. The molecule has 2 aromatic carbocycles. The highest BCUT2D eigenvalue weighted by Gasteiger charge is 2.20. The van der Waals surface area contributed by atoms with Crippen molar-refractivity contribution in [2.45, 2.75) is 19.3 Å². The summed E-state index contributed by atoms with van der Waals surface area (Å²) in [6.07, 6.45) is 4.41. The number of nitriles is 1. The van der Waals surface area contributed by atoms with Crippen molar-refractivity contribution in [1.82, 2.24) is 9.88 Å². The number of hydrogen-bond donors (Lipinski definition) is 1. The number of aromatic nitrogens is 1. The van der Waals surface area contributed by atoms with Crippen molar-refractivity contribution >= 4 is 33.7 Å². The first kappa shape index (κ1) is 24.4. The zero-order chi connectivity index (χ0) is 25.8. The molecule has 0 saturated carbocycles. The Kier molecular flexibility index (Phi) is 7.10. The number of nitrogens with zero attached hydrogens (tertiary/aromatic N) is 3. The number of hydrogen-bond acceptors (Lipinski definition) is 8. The molecule has 0 spiro atoms. The minimum Gasteiger partial charge on any atom is -0.437 e. The van der Waals surface area contributed by atoms with E-state index in [9.17, 15) is 9.59 Å². The van der Waals surface area contributed by atoms with Crippen LogP contribution in [0.25, 0.3) is 21.9 Å². The molecule has 1 aliphatic heterocycles. The number of nitrogens with one attached hydrogen (secondary N) is 1. The summed E-state index contributed by atoms with van der Waals surface area (Å²) in [6, 6.07) is 14.4. The Morgan fingerprint density at radius 3 is 2.68 bits per heavy atom. The average Bonchev–Trinajstić information content (AvgIpc) is 3.32. The first-order valence-corrected chi connectivity index (χ1v) is 12.3. The van der Waals surface area contributed by atoms with Crippen LogP contribution >= 0.6 is 0 Å². The Morgan fingerprint density at radius 2 is 1.89 bits per heavy atom. The van der Waals surface area contributed by atoms with Gasteiger partial charge in [-0.05, 0) is 61.7 Å². The molecule has 0 unspecified atom stereocenters. The van der Waals surface area contributed by atoms with Gasteiger partial charge in [0, 0.05) is 60.8 Å². The number of carbonyl (C=O) groups is 1. The standard InChI is InChI=1S/C28H28N4O5/c1-35-28(34)36-21-6-8-22-20(18-30-24(22)15-21)4-2-3-9-31-10-12-32(13-11-31)25-16-27(33)37-26-14-19(17-29)5-7-23(25)26/h5-8,14-16,18,30H,2-4,9-13H2,1H3. The van der Waals surface area contributed by atoms with Crippen LogP contribution in [0.5, 0.6) is 5.75 Å². The van der Waals surface area contributed by atoms with Crippen molar-refractivity contribution in [2.75, 3.05) is 44.7 Å². The number of aromatic amines is 1. The van der Waals surface area contributed by atoms with Crippen LogP contribution in [-0.4, -0.2) is 55.9 Å². The molecule has 1 saturated heterocycles. The lowest BCUT2D eigenvalue weighted by molar-refractivity contribution is 0.121. The summed E-state index contributed by atoms with van der Waals surface area (Å²) < 4.78 is 15.0. The number of unbranched alkanes of at least 4 members (excludes halogenated alkanes) is 1. The number of rotatable bonds is 7. The molecule has 5 rings (SSSR count). The van der Waals surface area contributed by atoms with E-state index in [1.54, 1.807) is 30.3 Å². The van der Waals surface area contributed by atoms with Crippen LogP contribution in [0.15, 0.2) is 57.9 Å². The molecule has 0 atom stereocenters. The highest BCUT2D eigenvalue weighted by atomic mass is 16.7. The van der Waals surface area contributed by atoms with Crippen LogP contribution in [-0.2, 0) is 11.2 Å². The molecule has 1 aliphatic rings. The summed E-state index contributed by atoms with van der Waals surface area (Å²) in [5, 5.41) is 11.1. The maximum Gasteiger partial charge on any atom is 0.513 e. The Balaban J connectivity index is 1.12. The number of methoxy groups -OCH3 is 1. The minimum atomic E-state index is -0.732. The molecular formula is C28H28N4O5. The normalized spacial score (nSPS) is 14.1. The van der Waals surface area contributed by atoms with Crippen LogP contribution in [0.4, 0.5) is 10.5 Å². The second-order valence-corrected chi connectivity index (χ2v) is 9.14. The van der Waals surface area contributed by atoms with Gasteiger partial charge < -0.3 is 23.8 Å². The van der Waals surface area contributed by atoms with Crippen LogP contribution < -0.4 is 15.3 Å². The van der Waals surface area contributed by atoms with E-state index in [-0.39, 0.29) is 0 Å². The van der Waals surface area contributed by atoms with Crippen molar-refractivity contribution in [3.8, 4) is 11.8 Å². The van der Waals surface area contributed by atoms with Crippen molar-refractivity contribution in [3.63, 3.8) is 0 Å². The molecule has 190 valence electrons. The lowest BCUT2D eigenvalue weighted by Crippen LogP contribution is -2.46. The summed E-state index contributed by atoms with van der Waals surface area (Å²) in [7, 11) is 1.28. The number of fused-ring (bicyclic) bond motifs is 2. The third-order valence-corrected chi connectivity index (χ3v) is 6.84. The Morgan fingerprint density at radius 1 is 1.08 bits per heavy atom. The van der Waals surface area contributed by atoms with Crippen LogP contribution in [0.2, 0.25) is 0 Å². The fraction of sp³-hybridized carbons (Fsp3) is 0.321. The van der Waals surface area contributed by atoms with E-state index in [1.165, 1.54) is 12.7 Å². The van der Waals surface area contributed by atoms with E-state index in [1.807, 2.05) is 18.3 Å². The van der Waals surface area contributed by atoms with Crippen LogP contribution in [0.3, 0.4) is 0 Å². The molecule has 0 radical (unpaired) electrons. The summed E-state index contributed by atoms with van der Waals surface area (Å²) >= 11 is 0. The molecule has 3 heterocycles. The average molecular weight is 501 g/mol. The molecule has 37 heavy (non-hydrogen) atoms. The Hall–Kier alpha value is -4.29. The van der Waals surface area contributed by atoms with E-state index < -0.39 is 11.8 Å². The largest absolute Gasteiger partial charge is 0.513 e. The predicted molar refractivity (Wildman–Crippen MR) is 140 cm³/mol. The van der Waals surface area contributed by atoms with Crippen molar-refractivity contribution in [1.29, 1.82) is 5.26 Å². The summed E-state index contributed by atoms with van der Waals surface area (Å²) in [5.41, 5.74) is 3.58. The Labute approximate surface area is 213 Å². The molecule has 4 aromatic rings. The van der Waals surface area contributed by atoms with E-state index in [0.29, 0.717) is 16.9 Å². The van der Waals surface area contributed by atoms with E-state index in [2.05, 4.69) is 25.6 Å². The monoisotopic (exact) mass is 500 g/mol. The minimum absolute atomic E-state index is 0.399. The zero-order valence-corrected chi connectivity index (χ0v) is 20.7. The summed E-state index contributed by atoms with van der Waals surface area (Å²) in [6.45, 7) is 4.53. The van der Waals surface area contributed by atoms with Crippen molar-refractivity contribution < 1.29 is 18.7 Å². The van der Waals surface area contributed by atoms with E-state index >= 15 is 0 Å². The van der Waals surface area contributed by atoms with Gasteiger partial charge >= 0.3 is 11.8 Å². The molecule has 0 aliphatic carbocycles. The number of anilines is 1. The van der Waals surface area contributed by atoms with E-state index in [0.717, 1.165) is 74.0 Å². The quantitative estimate of drug-likeness (QED) is 0.172. The third kappa shape index (κ3) is 5.44. The van der Waals surface area contributed by atoms with Crippen molar-refractivity contribution in [3.05, 3.63) is 70.2 Å². The molecule has 2 aromatic heterocycles. The fourth-order valence-corrected chi connectivity index (χ4v) is 4.91. The second kappa shape index (κ2) is 10.8. The van der Waals surface area contributed by atoms with Gasteiger partial charge in [-0.15, -0.1) is 0 Å². The predicted octanol–water partition coefficient (Wildman–Crippen LogP) is 4.44. The van der Waals surface area contributed by atoms with Gasteiger partial charge in [0.25, 0.3) is 0 Å². The third-order valence-electron chi connectivity index (χ3n) is 6.84. The fourth-order valence-electron chi connectivity index (χ4n) is 4.91. The van der Waals surface area contributed by atoms with Crippen LogP contribution in [0, 0.1) is 11.3 Å². The van der Waals surface area contributed by atoms with Gasteiger partial charge in [0.15, 0.2) is 0 Å². The molecule has 0 amide bonds. The second-order valence-electron chi connectivity index (χ2n) is 9.14. The lowest BCUT2D eigenvalue weighted by atomic mass is 10.1. The smallest absolute Gasteiger partial charge is 0.437 e. The van der Waals surface area contributed by atoms with Gasteiger partial charge in [-0.3, -0.25) is 4.90 Å². The topological polar surface area (TPSA) is 112 Å². The molecular weight excluding hydrogens is 472 g/mol. The highest BCUT2D eigenvalue weighted by Crippen LogP contribution is 2.27. The SMILES string of the molecule is COC(=O)Oc1ccc2c(CCCCN3CCN(c4cc(=O)oc5cc(C#N)ccc45)CC3)c[nH]c2c1. The van der Waals surface area contributed by atoms with Gasteiger partial charge in [0.05, 0.1) is 24.4 Å². The van der Waals surface area contributed by atoms with E-state index in [4.69, 9.17) is 14.4 Å². The molecule has 9 nitrogen and oxygen atoms in total. The van der Waals surface area contributed by atoms with Gasteiger partial charge in [-0.25, -0.2) is 9.59 Å². The maximum atomic E-state index is 12.1. The van der Waals surface area contributed by atoms with Gasteiger partial charge in [0.2, 0.25) is 0 Å². The number of aryl methyl sites for hydroxylation is 1. The first-order valence-electron chi connectivity index (χ1n) is 12.3. The maximum absolute atomic E-state index is 12.1. The summed E-state index contributed by atoms with van der Waals surface area (Å²) in [5.74, 6) is 0.447. The number of benzene rings is 2. The summed E-state index contributed by atoms with van der Waals surface area (Å²) in [4.78, 5) is 31.4. The lowest BCUT2D eigenvalue weighted by Gasteiger charge is -2.36. The molecule has 0 bridgehead atoms. The number of ether oxygens (including phenoxy) is 2. The van der Waals surface area contributed by atoms with Crippen LogP contribution in [0.1, 0.15) is 24.0 Å². The number of piperazine rings is 1. The van der Waals surface area contributed by atoms with Gasteiger partial charge in [-0.1, -0.05) is 0 Å². The van der Waals surface area contributed by atoms with Gasteiger partial charge in [-0.2, -0.15) is 5.26 Å². The highest BCUT2D eigenvalue weighted by molar-refractivity contribution is 5.91. The van der Waals surface area contributed by atoms with Crippen molar-refractivity contribution in [2.24, 2.45) is 0 Å².